The number of hydrogen-bond donors (Lipinski definition) is 1. The highest BCUT2D eigenvalue weighted by atomic mass is 16.5. The van der Waals surface area contributed by atoms with E-state index in [2.05, 4.69) is 10.5 Å². The third kappa shape index (κ3) is 3.17. The molecule has 1 aromatic heterocycles. The molecule has 5 nitrogen and oxygen atoms in total. The van der Waals surface area contributed by atoms with Crippen molar-refractivity contribution < 1.29 is 14.1 Å². The number of carbonyl (C=O) groups excluding carboxylic acids is 1. The zero-order valence-corrected chi connectivity index (χ0v) is 11.0. The highest BCUT2D eigenvalue weighted by Crippen LogP contribution is 2.40. The Morgan fingerprint density at radius 2 is 2.15 bits per heavy atom. The van der Waals surface area contributed by atoms with Gasteiger partial charge in [0.2, 0.25) is 0 Å². The predicted molar refractivity (Wildman–Crippen MR) is 72.7 cm³/mol. The molecule has 1 amide bonds. The van der Waals surface area contributed by atoms with Gasteiger partial charge in [0, 0.05) is 12.0 Å². The summed E-state index contributed by atoms with van der Waals surface area (Å²) in [5, 5.41) is 6.54. The second-order valence-electron chi connectivity index (χ2n) is 4.81. The van der Waals surface area contributed by atoms with E-state index in [0.717, 1.165) is 24.4 Å². The summed E-state index contributed by atoms with van der Waals surface area (Å²) in [6.07, 6.45) is 2.25. The number of nitrogens with one attached hydrogen (secondary N) is 1. The Hall–Kier alpha value is -2.30. The van der Waals surface area contributed by atoms with Crippen LogP contribution in [0, 0.1) is 0 Å². The van der Waals surface area contributed by atoms with Crippen molar-refractivity contribution in [3.8, 4) is 5.75 Å². The second kappa shape index (κ2) is 5.77. The van der Waals surface area contributed by atoms with E-state index < -0.39 is 0 Å². The molecule has 0 spiro atoms. The molecule has 0 radical (unpaired) electrons. The molecule has 0 aliphatic heterocycles. The van der Waals surface area contributed by atoms with Gasteiger partial charge in [-0.2, -0.15) is 0 Å². The number of carbonyl (C=O) groups is 1. The van der Waals surface area contributed by atoms with E-state index in [1.54, 1.807) is 6.07 Å². The molecule has 0 atom stereocenters. The summed E-state index contributed by atoms with van der Waals surface area (Å²) in [6.45, 7) is 0.850. The maximum absolute atomic E-state index is 11.8. The van der Waals surface area contributed by atoms with Gasteiger partial charge in [-0.1, -0.05) is 23.4 Å². The first-order chi connectivity index (χ1) is 9.83. The molecule has 0 saturated heterocycles. The standard InChI is InChI=1S/C15H16N2O3/c18-15(13-10-14(20-17-13)11-6-7-11)16-8-9-19-12-4-2-1-3-5-12/h1-5,10-11H,6-9H2,(H,16,18). The molecule has 20 heavy (non-hydrogen) atoms. The highest BCUT2D eigenvalue weighted by Gasteiger charge is 2.28. The molecular formula is C15H16N2O3. The quantitative estimate of drug-likeness (QED) is 0.820. The van der Waals surface area contributed by atoms with Gasteiger partial charge in [-0.25, -0.2) is 0 Å². The largest absolute Gasteiger partial charge is 0.492 e. The van der Waals surface area contributed by atoms with Crippen molar-refractivity contribution in [3.63, 3.8) is 0 Å². The molecular weight excluding hydrogens is 256 g/mol. The van der Waals surface area contributed by atoms with Crippen LogP contribution in [0.25, 0.3) is 0 Å². The minimum Gasteiger partial charge on any atom is -0.492 e. The molecule has 1 heterocycles. The molecule has 3 rings (SSSR count). The monoisotopic (exact) mass is 272 g/mol. The summed E-state index contributed by atoms with van der Waals surface area (Å²) in [7, 11) is 0. The van der Waals surface area contributed by atoms with Crippen molar-refractivity contribution >= 4 is 5.91 Å². The maximum atomic E-state index is 11.8. The Bertz CT molecular complexity index is 576. The van der Waals surface area contributed by atoms with E-state index in [9.17, 15) is 4.79 Å². The molecule has 104 valence electrons. The third-order valence-corrected chi connectivity index (χ3v) is 3.14. The van der Waals surface area contributed by atoms with Crippen LogP contribution in [0.15, 0.2) is 40.9 Å². The Kier molecular flexibility index (Phi) is 3.67. The number of ether oxygens (including phenoxy) is 1. The van der Waals surface area contributed by atoms with Crippen molar-refractivity contribution in [2.45, 2.75) is 18.8 Å². The molecule has 0 unspecified atom stereocenters. The average Bonchev–Trinajstić information content (AvgIpc) is 3.22. The van der Waals surface area contributed by atoms with E-state index in [1.807, 2.05) is 30.3 Å². The van der Waals surface area contributed by atoms with Crippen molar-refractivity contribution in [1.82, 2.24) is 10.5 Å². The van der Waals surface area contributed by atoms with Crippen molar-refractivity contribution in [2.75, 3.05) is 13.2 Å². The fraction of sp³-hybridized carbons (Fsp3) is 0.333. The number of para-hydroxylation sites is 1. The smallest absolute Gasteiger partial charge is 0.273 e. The lowest BCUT2D eigenvalue weighted by atomic mass is 10.3. The van der Waals surface area contributed by atoms with Gasteiger partial charge >= 0.3 is 0 Å². The van der Waals surface area contributed by atoms with E-state index >= 15 is 0 Å². The summed E-state index contributed by atoms with van der Waals surface area (Å²) in [5.74, 6) is 1.85. The van der Waals surface area contributed by atoms with Crippen LogP contribution in [-0.4, -0.2) is 24.2 Å². The molecule has 5 heteroatoms. The molecule has 1 fully saturated rings. The molecule has 1 aliphatic rings. The van der Waals surface area contributed by atoms with Crippen LogP contribution >= 0.6 is 0 Å². The van der Waals surface area contributed by atoms with E-state index in [0.29, 0.717) is 24.8 Å². The van der Waals surface area contributed by atoms with Crippen LogP contribution < -0.4 is 10.1 Å². The van der Waals surface area contributed by atoms with E-state index in [-0.39, 0.29) is 5.91 Å². The van der Waals surface area contributed by atoms with Gasteiger partial charge in [0.05, 0.1) is 6.54 Å². The minimum absolute atomic E-state index is 0.225. The summed E-state index contributed by atoms with van der Waals surface area (Å²) in [6, 6.07) is 11.2. The number of benzene rings is 1. The van der Waals surface area contributed by atoms with Crippen LogP contribution in [0.1, 0.15) is 35.0 Å². The second-order valence-corrected chi connectivity index (χ2v) is 4.81. The average molecular weight is 272 g/mol. The van der Waals surface area contributed by atoms with Crippen LogP contribution in [-0.2, 0) is 0 Å². The summed E-state index contributed by atoms with van der Waals surface area (Å²) >= 11 is 0. The van der Waals surface area contributed by atoms with Crippen molar-refractivity contribution in [1.29, 1.82) is 0 Å². The van der Waals surface area contributed by atoms with Crippen LogP contribution in [0.5, 0.6) is 5.75 Å². The van der Waals surface area contributed by atoms with Crippen molar-refractivity contribution in [3.05, 3.63) is 47.9 Å². The van der Waals surface area contributed by atoms with Gasteiger partial charge < -0.3 is 14.6 Å². The Balaban J connectivity index is 1.42. The molecule has 0 bridgehead atoms. The summed E-state index contributed by atoms with van der Waals surface area (Å²) in [4.78, 5) is 11.8. The number of nitrogens with zero attached hydrogens (tertiary/aromatic N) is 1. The molecule has 1 aromatic carbocycles. The summed E-state index contributed by atoms with van der Waals surface area (Å²) in [5.41, 5.74) is 0.339. The minimum atomic E-state index is -0.225. The van der Waals surface area contributed by atoms with Gasteiger partial charge in [-0.15, -0.1) is 0 Å². The van der Waals surface area contributed by atoms with Gasteiger partial charge in [0.15, 0.2) is 5.69 Å². The predicted octanol–water partition coefficient (Wildman–Crippen LogP) is 2.36. The molecule has 1 N–H and O–H groups in total. The zero-order chi connectivity index (χ0) is 13.8. The van der Waals surface area contributed by atoms with Crippen molar-refractivity contribution in [2.24, 2.45) is 0 Å². The Labute approximate surface area is 116 Å². The van der Waals surface area contributed by atoms with Gasteiger partial charge in [0.25, 0.3) is 5.91 Å². The Morgan fingerprint density at radius 3 is 2.90 bits per heavy atom. The zero-order valence-electron chi connectivity index (χ0n) is 11.0. The highest BCUT2D eigenvalue weighted by molar-refractivity contribution is 5.92. The summed E-state index contributed by atoms with van der Waals surface area (Å²) < 4.78 is 10.6. The third-order valence-electron chi connectivity index (χ3n) is 3.14. The lowest BCUT2D eigenvalue weighted by Gasteiger charge is -2.06. The number of hydrogen-bond acceptors (Lipinski definition) is 4. The normalized spacial score (nSPS) is 14.0. The first kappa shape index (κ1) is 12.7. The first-order valence-corrected chi connectivity index (χ1v) is 6.75. The molecule has 1 aliphatic carbocycles. The lowest BCUT2D eigenvalue weighted by molar-refractivity contribution is 0.0938. The van der Waals surface area contributed by atoms with Crippen LogP contribution in [0.2, 0.25) is 0 Å². The topological polar surface area (TPSA) is 64.4 Å². The number of amides is 1. The lowest BCUT2D eigenvalue weighted by Crippen LogP contribution is -2.28. The van der Waals surface area contributed by atoms with Gasteiger partial charge in [-0.3, -0.25) is 4.79 Å². The SMILES string of the molecule is O=C(NCCOc1ccccc1)c1cc(C2CC2)on1. The number of rotatable bonds is 6. The number of aromatic nitrogens is 1. The molecule has 1 saturated carbocycles. The fourth-order valence-electron chi connectivity index (χ4n) is 1.90. The van der Waals surface area contributed by atoms with E-state index in [1.165, 1.54) is 0 Å². The first-order valence-electron chi connectivity index (χ1n) is 6.75. The Morgan fingerprint density at radius 1 is 1.35 bits per heavy atom. The van der Waals surface area contributed by atoms with Crippen LogP contribution in [0.4, 0.5) is 0 Å². The molecule has 2 aromatic rings. The fourth-order valence-corrected chi connectivity index (χ4v) is 1.90. The van der Waals surface area contributed by atoms with E-state index in [4.69, 9.17) is 9.26 Å². The maximum Gasteiger partial charge on any atom is 0.273 e. The van der Waals surface area contributed by atoms with Crippen LogP contribution in [0.3, 0.4) is 0 Å². The van der Waals surface area contributed by atoms with Gasteiger partial charge in [0.1, 0.15) is 18.1 Å². The van der Waals surface area contributed by atoms with Gasteiger partial charge in [-0.05, 0) is 25.0 Å².